The molecule has 0 bridgehead atoms. The Hall–Kier alpha value is -2.36. The summed E-state index contributed by atoms with van der Waals surface area (Å²) in [7, 11) is 0. The van der Waals surface area contributed by atoms with Gasteiger partial charge in [-0.25, -0.2) is 0 Å². The zero-order valence-corrected chi connectivity index (χ0v) is 11.0. The molecular weight excluding hydrogens is 238 g/mol. The summed E-state index contributed by atoms with van der Waals surface area (Å²) in [6, 6.07) is 10.1. The topological polar surface area (TPSA) is 51.0 Å². The molecule has 0 unspecified atom stereocenters. The molecule has 2 aromatic heterocycles. The number of benzene rings is 1. The zero-order valence-electron chi connectivity index (χ0n) is 11.0. The first-order valence-electron chi connectivity index (χ1n) is 6.25. The van der Waals surface area contributed by atoms with E-state index in [1.165, 1.54) is 0 Å². The highest BCUT2D eigenvalue weighted by atomic mass is 16.5. The van der Waals surface area contributed by atoms with Gasteiger partial charge < -0.3 is 9.84 Å². The first-order chi connectivity index (χ1) is 9.25. The summed E-state index contributed by atoms with van der Waals surface area (Å²) in [5, 5.41) is 8.50. The van der Waals surface area contributed by atoms with Gasteiger partial charge in [-0.1, -0.05) is 23.4 Å². The summed E-state index contributed by atoms with van der Waals surface area (Å²) in [4.78, 5) is 4.42. The molecule has 0 amide bonds. The van der Waals surface area contributed by atoms with E-state index >= 15 is 0 Å². The molecule has 0 aliphatic heterocycles. The van der Waals surface area contributed by atoms with Crippen LogP contribution in [0.5, 0.6) is 0 Å². The van der Waals surface area contributed by atoms with Crippen molar-refractivity contribution in [2.24, 2.45) is 0 Å². The van der Waals surface area contributed by atoms with Gasteiger partial charge in [-0.05, 0) is 26.0 Å². The lowest BCUT2D eigenvalue weighted by Gasteiger charge is -2.08. The first-order valence-corrected chi connectivity index (χ1v) is 6.25. The molecule has 3 aromatic rings. The van der Waals surface area contributed by atoms with E-state index in [0.717, 1.165) is 33.6 Å². The second-order valence-electron chi connectivity index (χ2n) is 4.54. The van der Waals surface area contributed by atoms with Gasteiger partial charge in [0.25, 0.3) is 0 Å². The Bertz CT molecular complexity index is 693. The van der Waals surface area contributed by atoms with Gasteiger partial charge in [0.2, 0.25) is 0 Å². The monoisotopic (exact) mass is 253 g/mol. The van der Waals surface area contributed by atoms with Crippen molar-refractivity contribution in [2.75, 3.05) is 5.32 Å². The number of hydrogen-bond donors (Lipinski definition) is 1. The predicted molar refractivity (Wildman–Crippen MR) is 75.0 cm³/mol. The molecule has 0 atom stereocenters. The number of para-hydroxylation sites is 1. The molecule has 4 nitrogen and oxygen atoms in total. The molecule has 0 fully saturated rings. The van der Waals surface area contributed by atoms with E-state index < -0.39 is 0 Å². The van der Waals surface area contributed by atoms with E-state index in [9.17, 15) is 0 Å². The molecule has 0 saturated heterocycles. The number of nitrogens with zero attached hydrogens (tertiary/aromatic N) is 2. The quantitative estimate of drug-likeness (QED) is 0.776. The Morgan fingerprint density at radius 2 is 2.00 bits per heavy atom. The van der Waals surface area contributed by atoms with Crippen molar-refractivity contribution in [3.05, 3.63) is 53.5 Å². The van der Waals surface area contributed by atoms with Crippen LogP contribution in [0.1, 0.15) is 17.0 Å². The highest BCUT2D eigenvalue weighted by Crippen LogP contribution is 2.22. The van der Waals surface area contributed by atoms with Gasteiger partial charge in [-0.15, -0.1) is 0 Å². The van der Waals surface area contributed by atoms with Gasteiger partial charge in [0.05, 0.1) is 16.9 Å². The molecule has 3 rings (SSSR count). The fraction of sp³-hybridized carbons (Fsp3) is 0.200. The third kappa shape index (κ3) is 2.17. The Kier molecular flexibility index (Phi) is 2.91. The lowest BCUT2D eigenvalue weighted by molar-refractivity contribution is 0.392. The number of anilines is 1. The van der Waals surface area contributed by atoms with E-state index in [1.807, 2.05) is 38.2 Å². The Morgan fingerprint density at radius 1 is 1.16 bits per heavy atom. The molecule has 1 N–H and O–H groups in total. The van der Waals surface area contributed by atoms with Crippen LogP contribution in [0.3, 0.4) is 0 Å². The Labute approximate surface area is 111 Å². The SMILES string of the molecule is Cc1noc(C)c1CNc1cccc2cccnc12. The van der Waals surface area contributed by atoms with Gasteiger partial charge in [0.15, 0.2) is 0 Å². The summed E-state index contributed by atoms with van der Waals surface area (Å²) in [6.07, 6.45) is 1.81. The Morgan fingerprint density at radius 3 is 2.79 bits per heavy atom. The maximum Gasteiger partial charge on any atom is 0.138 e. The van der Waals surface area contributed by atoms with Crippen molar-refractivity contribution in [1.29, 1.82) is 0 Å². The molecule has 0 spiro atoms. The van der Waals surface area contributed by atoms with Crippen LogP contribution < -0.4 is 5.32 Å². The van der Waals surface area contributed by atoms with Gasteiger partial charge in [-0.3, -0.25) is 4.98 Å². The number of nitrogens with one attached hydrogen (secondary N) is 1. The molecule has 0 aliphatic carbocycles. The van der Waals surface area contributed by atoms with Crippen molar-refractivity contribution < 1.29 is 4.52 Å². The summed E-state index contributed by atoms with van der Waals surface area (Å²) in [5.41, 5.74) is 4.04. The molecule has 4 heteroatoms. The molecule has 0 saturated carbocycles. The molecular formula is C15H15N3O. The molecule has 19 heavy (non-hydrogen) atoms. The maximum atomic E-state index is 5.17. The second kappa shape index (κ2) is 4.72. The Balaban J connectivity index is 1.90. The van der Waals surface area contributed by atoms with Gasteiger partial charge in [0, 0.05) is 23.7 Å². The van der Waals surface area contributed by atoms with Crippen molar-refractivity contribution in [3.8, 4) is 0 Å². The summed E-state index contributed by atoms with van der Waals surface area (Å²) in [6.45, 7) is 4.57. The van der Waals surface area contributed by atoms with Gasteiger partial charge in [-0.2, -0.15) is 0 Å². The fourth-order valence-electron chi connectivity index (χ4n) is 2.18. The van der Waals surface area contributed by atoms with Crippen molar-refractivity contribution in [1.82, 2.24) is 10.1 Å². The van der Waals surface area contributed by atoms with E-state index in [1.54, 1.807) is 0 Å². The third-order valence-electron chi connectivity index (χ3n) is 3.27. The van der Waals surface area contributed by atoms with E-state index in [2.05, 4.69) is 27.6 Å². The van der Waals surface area contributed by atoms with Crippen LogP contribution >= 0.6 is 0 Å². The lowest BCUT2D eigenvalue weighted by atomic mass is 10.1. The number of hydrogen-bond acceptors (Lipinski definition) is 4. The average Bonchev–Trinajstić information content (AvgIpc) is 2.76. The largest absolute Gasteiger partial charge is 0.379 e. The zero-order chi connectivity index (χ0) is 13.2. The smallest absolute Gasteiger partial charge is 0.138 e. The van der Waals surface area contributed by atoms with E-state index in [4.69, 9.17) is 4.52 Å². The van der Waals surface area contributed by atoms with Gasteiger partial charge >= 0.3 is 0 Å². The second-order valence-corrected chi connectivity index (χ2v) is 4.54. The summed E-state index contributed by atoms with van der Waals surface area (Å²) >= 11 is 0. The molecule has 1 aromatic carbocycles. The number of fused-ring (bicyclic) bond motifs is 1. The van der Waals surface area contributed by atoms with Crippen LogP contribution in [-0.4, -0.2) is 10.1 Å². The number of aryl methyl sites for hydroxylation is 2. The van der Waals surface area contributed by atoms with E-state index in [-0.39, 0.29) is 0 Å². The summed E-state index contributed by atoms with van der Waals surface area (Å²) < 4.78 is 5.17. The van der Waals surface area contributed by atoms with Crippen molar-refractivity contribution in [2.45, 2.75) is 20.4 Å². The van der Waals surface area contributed by atoms with Crippen molar-refractivity contribution >= 4 is 16.6 Å². The average molecular weight is 253 g/mol. The standard InChI is InChI=1S/C15H15N3O/c1-10-13(11(2)19-18-10)9-17-14-7-3-5-12-6-4-8-16-15(12)14/h3-8,17H,9H2,1-2H3. The van der Waals surface area contributed by atoms with E-state index in [0.29, 0.717) is 6.54 Å². The van der Waals surface area contributed by atoms with Gasteiger partial charge in [0.1, 0.15) is 5.76 Å². The van der Waals surface area contributed by atoms with Crippen LogP contribution in [0.25, 0.3) is 10.9 Å². The molecule has 0 aliphatic rings. The highest BCUT2D eigenvalue weighted by molar-refractivity contribution is 5.90. The van der Waals surface area contributed by atoms with Crippen LogP contribution in [0, 0.1) is 13.8 Å². The number of aromatic nitrogens is 2. The molecule has 96 valence electrons. The van der Waals surface area contributed by atoms with Crippen LogP contribution in [-0.2, 0) is 6.54 Å². The normalized spacial score (nSPS) is 10.8. The van der Waals surface area contributed by atoms with Crippen LogP contribution in [0.15, 0.2) is 41.1 Å². The maximum absolute atomic E-state index is 5.17. The van der Waals surface area contributed by atoms with Crippen LogP contribution in [0.4, 0.5) is 5.69 Å². The molecule has 0 radical (unpaired) electrons. The number of pyridine rings is 1. The number of rotatable bonds is 3. The lowest BCUT2D eigenvalue weighted by Crippen LogP contribution is -2.02. The van der Waals surface area contributed by atoms with Crippen LogP contribution in [0.2, 0.25) is 0 Å². The first kappa shape index (κ1) is 11.7. The minimum atomic E-state index is 0.691. The minimum Gasteiger partial charge on any atom is -0.379 e. The third-order valence-corrected chi connectivity index (χ3v) is 3.27. The molecule has 2 heterocycles. The minimum absolute atomic E-state index is 0.691. The summed E-state index contributed by atoms with van der Waals surface area (Å²) in [5.74, 6) is 0.859. The predicted octanol–water partition coefficient (Wildman–Crippen LogP) is 3.45. The highest BCUT2D eigenvalue weighted by Gasteiger charge is 2.09. The van der Waals surface area contributed by atoms with Crippen molar-refractivity contribution in [3.63, 3.8) is 0 Å². The fourth-order valence-corrected chi connectivity index (χ4v) is 2.18.